The fourth-order valence-electron chi connectivity index (χ4n) is 1.90. The number of rotatable bonds is 6. The van der Waals surface area contributed by atoms with Crippen LogP contribution in [-0.2, 0) is 0 Å². The Morgan fingerprint density at radius 2 is 1.08 bits per heavy atom. The molecular weight excluding hydrogens is 336 g/mol. The van der Waals surface area contributed by atoms with Crippen molar-refractivity contribution >= 4 is 34.7 Å². The quantitative estimate of drug-likeness (QED) is 0.730. The van der Waals surface area contributed by atoms with Gasteiger partial charge in [0.2, 0.25) is 0 Å². The smallest absolute Gasteiger partial charge is 0.138 e. The van der Waals surface area contributed by atoms with Gasteiger partial charge in [-0.15, -0.1) is 23.5 Å². The molecule has 0 spiro atoms. The molecule has 0 atom stereocenters. The molecule has 24 heavy (non-hydrogen) atoms. The summed E-state index contributed by atoms with van der Waals surface area (Å²) in [6.45, 7) is 4.08. The maximum Gasteiger partial charge on any atom is 0.138 e. The molecule has 0 saturated carbocycles. The third-order valence-corrected chi connectivity index (χ3v) is 5.51. The van der Waals surface area contributed by atoms with E-state index in [4.69, 9.17) is 0 Å². The van der Waals surface area contributed by atoms with Crippen molar-refractivity contribution in [3.8, 4) is 24.3 Å². The Labute approximate surface area is 150 Å². The van der Waals surface area contributed by atoms with E-state index in [1.807, 2.05) is 38.1 Å². The first-order chi connectivity index (χ1) is 11.7. The Bertz CT molecular complexity index is 782. The fraction of sp³-hybridized carbons (Fsp3) is 0.333. The van der Waals surface area contributed by atoms with Crippen LogP contribution in [-0.4, -0.2) is 11.5 Å². The number of hydrogen-bond acceptors (Lipinski definition) is 6. The van der Waals surface area contributed by atoms with Gasteiger partial charge in [-0.05, 0) is 36.5 Å². The van der Waals surface area contributed by atoms with E-state index < -0.39 is 0 Å². The van der Waals surface area contributed by atoms with Crippen LogP contribution >= 0.6 is 23.5 Å². The second-order valence-electron chi connectivity index (χ2n) is 4.74. The summed E-state index contributed by atoms with van der Waals surface area (Å²) in [6, 6.07) is 11.3. The zero-order valence-corrected chi connectivity index (χ0v) is 15.2. The Balaban J connectivity index is 3.89. The number of nitriles is 4. The molecule has 120 valence electrons. The van der Waals surface area contributed by atoms with Crippen molar-refractivity contribution in [1.82, 2.24) is 0 Å². The highest BCUT2D eigenvalue weighted by atomic mass is 32.2. The highest BCUT2D eigenvalue weighted by Crippen LogP contribution is 2.19. The van der Waals surface area contributed by atoms with Crippen LogP contribution in [0.5, 0.6) is 0 Å². The van der Waals surface area contributed by atoms with Crippen LogP contribution in [0, 0.1) is 45.3 Å². The van der Waals surface area contributed by atoms with Crippen LogP contribution in [0.1, 0.15) is 26.7 Å². The molecule has 0 aliphatic rings. The van der Waals surface area contributed by atoms with Gasteiger partial charge in [-0.3, -0.25) is 0 Å². The van der Waals surface area contributed by atoms with Crippen LogP contribution in [0.2, 0.25) is 0 Å². The van der Waals surface area contributed by atoms with Crippen LogP contribution in [0.4, 0.5) is 0 Å². The van der Waals surface area contributed by atoms with Gasteiger partial charge in [-0.2, -0.15) is 21.0 Å². The first-order valence-corrected chi connectivity index (χ1v) is 9.42. The Morgan fingerprint density at radius 3 is 1.33 bits per heavy atom. The first kappa shape index (κ1) is 19.7. The van der Waals surface area contributed by atoms with E-state index in [0.717, 1.165) is 34.1 Å². The van der Waals surface area contributed by atoms with E-state index in [1.54, 1.807) is 12.1 Å². The molecule has 1 aromatic rings. The van der Waals surface area contributed by atoms with E-state index in [0.29, 0.717) is 10.4 Å². The van der Waals surface area contributed by atoms with Gasteiger partial charge in [-0.25, -0.2) is 0 Å². The minimum absolute atomic E-state index is 0.0500. The lowest BCUT2D eigenvalue weighted by Crippen LogP contribution is -2.19. The van der Waals surface area contributed by atoms with E-state index in [9.17, 15) is 21.0 Å². The largest absolute Gasteiger partial charge is 0.192 e. The lowest BCUT2D eigenvalue weighted by molar-refractivity contribution is 1.09. The second kappa shape index (κ2) is 10.4. The van der Waals surface area contributed by atoms with Crippen molar-refractivity contribution in [3.63, 3.8) is 0 Å². The minimum Gasteiger partial charge on any atom is -0.192 e. The van der Waals surface area contributed by atoms with Gasteiger partial charge < -0.3 is 0 Å². The van der Waals surface area contributed by atoms with Crippen LogP contribution < -0.4 is 10.4 Å². The van der Waals surface area contributed by atoms with E-state index in [1.165, 1.54) is 23.5 Å². The molecule has 0 aliphatic carbocycles. The summed E-state index contributed by atoms with van der Waals surface area (Å²) in [5, 5.41) is 38.1. The fourth-order valence-corrected chi connectivity index (χ4v) is 3.79. The highest BCUT2D eigenvalue weighted by molar-refractivity contribution is 7.99. The normalized spacial score (nSPS) is 9.25. The molecule has 0 aromatic heterocycles. The third kappa shape index (κ3) is 4.81. The summed E-state index contributed by atoms with van der Waals surface area (Å²) < 4.78 is 0. The lowest BCUT2D eigenvalue weighted by atomic mass is 10.1. The predicted octanol–water partition coefficient (Wildman–Crippen LogP) is 3.09. The molecule has 0 unspecified atom stereocenters. The molecule has 0 fully saturated rings. The topological polar surface area (TPSA) is 95.2 Å². The molecule has 0 amide bonds. The Hall–Kier alpha value is -2.38. The minimum atomic E-state index is 0.0500. The molecule has 1 rings (SSSR count). The molecule has 4 nitrogen and oxygen atoms in total. The first-order valence-electron chi connectivity index (χ1n) is 7.45. The van der Waals surface area contributed by atoms with Gasteiger partial charge in [0.05, 0.1) is 0 Å². The van der Waals surface area contributed by atoms with Gasteiger partial charge >= 0.3 is 0 Å². The number of thioether (sulfide) groups is 2. The van der Waals surface area contributed by atoms with Gasteiger partial charge in [0.25, 0.3) is 0 Å². The summed E-state index contributed by atoms with van der Waals surface area (Å²) in [6.07, 6.45) is 1.88. The van der Waals surface area contributed by atoms with Gasteiger partial charge in [-0.1, -0.05) is 13.8 Å². The van der Waals surface area contributed by atoms with Crippen molar-refractivity contribution < 1.29 is 0 Å². The maximum atomic E-state index is 9.23. The summed E-state index contributed by atoms with van der Waals surface area (Å²) in [4.78, 5) is 1.52. The average molecular weight is 352 g/mol. The number of hydrogen-bond donors (Lipinski definition) is 0. The standard InChI is InChI=1S/C18H16N4S2/c1-3-5-23-17-7-16(14(11-21)12-22)18(24-6-4-2)8-15(17)13(9-19)10-20/h7-8H,3-6H2,1-2H3. The summed E-state index contributed by atoms with van der Waals surface area (Å²) in [7, 11) is 0. The van der Waals surface area contributed by atoms with Crippen molar-refractivity contribution in [1.29, 1.82) is 21.0 Å². The molecule has 0 heterocycles. The Morgan fingerprint density at radius 1 is 0.750 bits per heavy atom. The molecule has 0 bridgehead atoms. The number of nitrogens with zero attached hydrogens (tertiary/aromatic N) is 4. The Kier molecular flexibility index (Phi) is 8.53. The summed E-state index contributed by atoms with van der Waals surface area (Å²) in [5.41, 5.74) is 0.0999. The summed E-state index contributed by atoms with van der Waals surface area (Å²) >= 11 is 3.05. The van der Waals surface area contributed by atoms with Gasteiger partial charge in [0.1, 0.15) is 35.4 Å². The highest BCUT2D eigenvalue weighted by Gasteiger charge is 2.10. The molecule has 0 N–H and O–H groups in total. The predicted molar refractivity (Wildman–Crippen MR) is 97.0 cm³/mol. The zero-order valence-electron chi connectivity index (χ0n) is 13.6. The second-order valence-corrected chi connectivity index (χ2v) is 7.01. The molecule has 6 heteroatoms. The van der Waals surface area contributed by atoms with Crippen molar-refractivity contribution in [3.05, 3.63) is 22.6 Å². The maximum absolute atomic E-state index is 9.23. The average Bonchev–Trinajstić information content (AvgIpc) is 2.61. The SMILES string of the molecule is CCCSc1cc(=C(C#N)C#N)c(SCCC)cc1=C(C#N)C#N. The van der Waals surface area contributed by atoms with Crippen LogP contribution in [0.3, 0.4) is 0 Å². The molecule has 0 aliphatic heterocycles. The summed E-state index contributed by atoms with van der Waals surface area (Å²) in [5.74, 6) is 1.65. The monoisotopic (exact) mass is 352 g/mol. The van der Waals surface area contributed by atoms with E-state index in [2.05, 4.69) is 0 Å². The number of benzene rings is 1. The molecule has 1 aromatic carbocycles. The van der Waals surface area contributed by atoms with Gasteiger partial charge in [0, 0.05) is 20.2 Å². The lowest BCUT2D eigenvalue weighted by Gasteiger charge is -2.07. The van der Waals surface area contributed by atoms with Gasteiger partial charge in [0.15, 0.2) is 0 Å². The van der Waals surface area contributed by atoms with Crippen molar-refractivity contribution in [2.24, 2.45) is 0 Å². The molecule has 0 radical (unpaired) electrons. The van der Waals surface area contributed by atoms with Crippen molar-refractivity contribution in [2.75, 3.05) is 11.5 Å². The zero-order chi connectivity index (χ0) is 17.9. The van der Waals surface area contributed by atoms with Crippen molar-refractivity contribution in [2.45, 2.75) is 36.5 Å². The van der Waals surface area contributed by atoms with Crippen LogP contribution in [0.25, 0.3) is 11.1 Å². The van der Waals surface area contributed by atoms with Crippen LogP contribution in [0.15, 0.2) is 21.9 Å². The third-order valence-electron chi connectivity index (χ3n) is 2.99. The molecule has 0 saturated heterocycles. The molecular formula is C18H16N4S2. The van der Waals surface area contributed by atoms with E-state index >= 15 is 0 Å². The van der Waals surface area contributed by atoms with E-state index in [-0.39, 0.29) is 11.1 Å².